The van der Waals surface area contributed by atoms with Crippen molar-refractivity contribution in [2.45, 2.75) is 32.3 Å². The Bertz CT molecular complexity index is 898. The van der Waals surface area contributed by atoms with Gasteiger partial charge in [-0.15, -0.1) is 0 Å². The molecule has 2 aromatic rings. The summed E-state index contributed by atoms with van der Waals surface area (Å²) in [5.41, 5.74) is 1.65. The van der Waals surface area contributed by atoms with E-state index >= 15 is 0 Å². The van der Waals surface area contributed by atoms with Gasteiger partial charge in [0.2, 0.25) is 5.91 Å². The van der Waals surface area contributed by atoms with Crippen LogP contribution < -0.4 is 10.2 Å². The molecule has 2 aromatic carbocycles. The minimum absolute atomic E-state index is 0.0307. The van der Waals surface area contributed by atoms with Crippen molar-refractivity contribution in [3.8, 4) is 0 Å². The molecule has 1 N–H and O–H groups in total. The van der Waals surface area contributed by atoms with E-state index in [-0.39, 0.29) is 17.3 Å². The maximum atomic E-state index is 12.9. The summed E-state index contributed by atoms with van der Waals surface area (Å²) < 4.78 is 18.2. The number of ether oxygens (including phenoxy) is 1. The first-order valence-corrected chi connectivity index (χ1v) is 9.58. The van der Waals surface area contributed by atoms with Crippen LogP contribution >= 0.6 is 0 Å². The Morgan fingerprint density at radius 3 is 2.59 bits per heavy atom. The van der Waals surface area contributed by atoms with E-state index in [2.05, 4.69) is 5.32 Å². The lowest BCUT2D eigenvalue weighted by molar-refractivity contribution is -0.129. The number of amides is 2. The molecule has 7 heteroatoms. The quantitative estimate of drug-likeness (QED) is 0.728. The molecule has 0 radical (unpaired) electrons. The maximum Gasteiger partial charge on any atom is 0.341 e. The maximum absolute atomic E-state index is 12.9. The highest BCUT2D eigenvalue weighted by molar-refractivity contribution is 6.04. The van der Waals surface area contributed by atoms with Gasteiger partial charge in [0, 0.05) is 19.5 Å². The second kappa shape index (κ2) is 9.32. The van der Waals surface area contributed by atoms with Gasteiger partial charge >= 0.3 is 5.97 Å². The Morgan fingerprint density at radius 1 is 1.17 bits per heavy atom. The van der Waals surface area contributed by atoms with Crippen LogP contribution in [-0.4, -0.2) is 37.0 Å². The van der Waals surface area contributed by atoms with Gasteiger partial charge in [0.05, 0.1) is 11.3 Å². The van der Waals surface area contributed by atoms with Crippen molar-refractivity contribution in [2.24, 2.45) is 0 Å². The fourth-order valence-electron chi connectivity index (χ4n) is 3.19. The summed E-state index contributed by atoms with van der Waals surface area (Å²) in [6, 6.07) is 12.8. The Labute approximate surface area is 168 Å². The molecule has 0 saturated carbocycles. The second-order valence-electron chi connectivity index (χ2n) is 6.88. The summed E-state index contributed by atoms with van der Waals surface area (Å²) >= 11 is 0. The number of anilines is 1. The second-order valence-corrected chi connectivity index (χ2v) is 6.88. The molecule has 29 heavy (non-hydrogen) atoms. The first-order valence-electron chi connectivity index (χ1n) is 9.58. The Balaban J connectivity index is 1.55. The van der Waals surface area contributed by atoms with Crippen LogP contribution in [-0.2, 0) is 20.7 Å². The molecule has 2 amide bonds. The molecular formula is C22H23FN2O4. The van der Waals surface area contributed by atoms with Crippen molar-refractivity contribution >= 4 is 23.5 Å². The van der Waals surface area contributed by atoms with E-state index in [1.807, 2.05) is 0 Å². The number of hydrogen-bond acceptors (Lipinski definition) is 4. The predicted molar refractivity (Wildman–Crippen MR) is 106 cm³/mol. The lowest BCUT2D eigenvalue weighted by Gasteiger charge is -2.20. The molecule has 6 nitrogen and oxygen atoms in total. The summed E-state index contributed by atoms with van der Waals surface area (Å²) in [7, 11) is 0. The van der Waals surface area contributed by atoms with Crippen LogP contribution in [0, 0.1) is 5.82 Å². The van der Waals surface area contributed by atoms with Crippen LogP contribution in [0.5, 0.6) is 0 Å². The zero-order valence-electron chi connectivity index (χ0n) is 16.2. The number of carbonyl (C=O) groups is 3. The number of carbonyl (C=O) groups excluding carboxylic acids is 3. The average Bonchev–Trinajstić information content (AvgIpc) is 3.15. The Morgan fingerprint density at radius 2 is 1.90 bits per heavy atom. The van der Waals surface area contributed by atoms with Crippen molar-refractivity contribution in [3.05, 3.63) is 65.5 Å². The van der Waals surface area contributed by atoms with E-state index in [1.165, 1.54) is 19.1 Å². The first-order chi connectivity index (χ1) is 14.0. The molecule has 1 atom stereocenters. The van der Waals surface area contributed by atoms with E-state index in [4.69, 9.17) is 4.74 Å². The molecule has 1 saturated heterocycles. The van der Waals surface area contributed by atoms with Gasteiger partial charge < -0.3 is 15.0 Å². The van der Waals surface area contributed by atoms with E-state index in [1.54, 1.807) is 41.3 Å². The zero-order chi connectivity index (χ0) is 20.8. The third kappa shape index (κ3) is 5.19. The number of rotatable bonds is 7. The fraction of sp³-hybridized carbons (Fsp3) is 0.318. The van der Waals surface area contributed by atoms with Crippen molar-refractivity contribution in [1.29, 1.82) is 0 Å². The molecular weight excluding hydrogens is 375 g/mol. The highest BCUT2D eigenvalue weighted by Crippen LogP contribution is 2.26. The zero-order valence-corrected chi connectivity index (χ0v) is 16.2. The normalized spacial score (nSPS) is 14.6. The first kappa shape index (κ1) is 20.5. The molecule has 0 bridgehead atoms. The van der Waals surface area contributed by atoms with Crippen LogP contribution in [0.15, 0.2) is 48.5 Å². The van der Waals surface area contributed by atoms with E-state index in [0.717, 1.165) is 12.0 Å². The van der Waals surface area contributed by atoms with Crippen molar-refractivity contribution in [1.82, 2.24) is 5.32 Å². The van der Waals surface area contributed by atoms with Crippen molar-refractivity contribution < 1.29 is 23.5 Å². The van der Waals surface area contributed by atoms with Crippen molar-refractivity contribution in [3.63, 3.8) is 0 Å². The SMILES string of the molecule is C[C@@H](OC(=O)c1ccccc1N1CCCC1=O)C(=O)NCCc1ccc(F)cc1. The number of nitrogens with zero attached hydrogens (tertiary/aromatic N) is 1. The Hall–Kier alpha value is -3.22. The van der Waals surface area contributed by atoms with E-state index in [9.17, 15) is 18.8 Å². The number of nitrogens with one attached hydrogen (secondary N) is 1. The summed E-state index contributed by atoms with van der Waals surface area (Å²) in [5, 5.41) is 2.70. The van der Waals surface area contributed by atoms with E-state index < -0.39 is 18.0 Å². The molecule has 152 valence electrons. The average molecular weight is 398 g/mol. The molecule has 0 unspecified atom stereocenters. The molecule has 1 fully saturated rings. The summed E-state index contributed by atoms with van der Waals surface area (Å²) in [5.74, 6) is -1.41. The smallest absolute Gasteiger partial charge is 0.341 e. The third-order valence-electron chi connectivity index (χ3n) is 4.77. The molecule has 1 heterocycles. The van der Waals surface area contributed by atoms with Crippen LogP contribution in [0.4, 0.5) is 10.1 Å². The van der Waals surface area contributed by atoms with Gasteiger partial charge in [0.1, 0.15) is 5.82 Å². The topological polar surface area (TPSA) is 75.7 Å². The molecule has 0 spiro atoms. The largest absolute Gasteiger partial charge is 0.449 e. The van der Waals surface area contributed by atoms with E-state index in [0.29, 0.717) is 31.6 Å². The molecule has 1 aliphatic rings. The van der Waals surface area contributed by atoms with Crippen LogP contribution in [0.1, 0.15) is 35.7 Å². The summed E-state index contributed by atoms with van der Waals surface area (Å²) in [4.78, 5) is 38.4. The summed E-state index contributed by atoms with van der Waals surface area (Å²) in [6.07, 6.45) is 0.746. The third-order valence-corrected chi connectivity index (χ3v) is 4.77. The van der Waals surface area contributed by atoms with Crippen LogP contribution in [0.25, 0.3) is 0 Å². The Kier molecular flexibility index (Phi) is 6.59. The van der Waals surface area contributed by atoms with Gasteiger partial charge in [-0.25, -0.2) is 9.18 Å². The number of esters is 1. The molecule has 3 rings (SSSR count). The highest BCUT2D eigenvalue weighted by Gasteiger charge is 2.27. The summed E-state index contributed by atoms with van der Waals surface area (Å²) in [6.45, 7) is 2.39. The van der Waals surface area contributed by atoms with Crippen molar-refractivity contribution in [2.75, 3.05) is 18.0 Å². The van der Waals surface area contributed by atoms with Gasteiger partial charge in [-0.3, -0.25) is 9.59 Å². The fourth-order valence-corrected chi connectivity index (χ4v) is 3.19. The van der Waals surface area contributed by atoms with Gasteiger partial charge in [-0.05, 0) is 49.6 Å². The number of hydrogen-bond donors (Lipinski definition) is 1. The van der Waals surface area contributed by atoms with Crippen LogP contribution in [0.2, 0.25) is 0 Å². The monoisotopic (exact) mass is 398 g/mol. The molecule has 1 aliphatic heterocycles. The number of benzene rings is 2. The minimum Gasteiger partial charge on any atom is -0.449 e. The molecule has 0 aliphatic carbocycles. The van der Waals surface area contributed by atoms with Gasteiger partial charge in [0.25, 0.3) is 5.91 Å². The van der Waals surface area contributed by atoms with Crippen LogP contribution in [0.3, 0.4) is 0 Å². The highest BCUT2D eigenvalue weighted by atomic mass is 19.1. The predicted octanol–water partition coefficient (Wildman–Crippen LogP) is 2.86. The number of halogens is 1. The lowest BCUT2D eigenvalue weighted by Crippen LogP contribution is -2.37. The minimum atomic E-state index is -0.988. The molecule has 0 aromatic heterocycles. The lowest BCUT2D eigenvalue weighted by atomic mass is 10.1. The standard InChI is InChI=1S/C22H23FN2O4/c1-15(21(27)24-13-12-16-8-10-17(23)11-9-16)29-22(28)18-5-2-3-6-19(18)25-14-4-7-20(25)26/h2-3,5-6,8-11,15H,4,7,12-14H2,1H3,(H,24,27)/t15-/m1/s1. The van der Waals surface area contributed by atoms with Gasteiger partial charge in [-0.1, -0.05) is 24.3 Å². The number of para-hydroxylation sites is 1. The van der Waals surface area contributed by atoms with Gasteiger partial charge in [-0.2, -0.15) is 0 Å². The van der Waals surface area contributed by atoms with Gasteiger partial charge in [0.15, 0.2) is 6.10 Å².